The first-order valence-electron chi connectivity index (χ1n) is 11.8. The zero-order chi connectivity index (χ0) is 20.6. The Balaban J connectivity index is 1.53. The summed E-state index contributed by atoms with van der Waals surface area (Å²) in [5, 5.41) is 0. The normalized spacial score (nSPS) is 11.0. The van der Waals surface area contributed by atoms with Crippen LogP contribution in [0.4, 0.5) is 0 Å². The molecule has 160 valence electrons. The molecule has 2 rings (SSSR count). The second-order valence-electron chi connectivity index (χ2n) is 8.16. The third-order valence-corrected chi connectivity index (χ3v) is 6.32. The molecule has 0 aliphatic carbocycles. The highest BCUT2D eigenvalue weighted by Crippen LogP contribution is 2.28. The number of ether oxygens (including phenoxy) is 1. The third-order valence-electron chi connectivity index (χ3n) is 5.55. The Hall–Kier alpha value is -1.28. The topological polar surface area (TPSA) is 9.23 Å². The number of benzene rings is 2. The number of hydrogen-bond donors (Lipinski definition) is 0. The van der Waals surface area contributed by atoms with Gasteiger partial charge in [0.1, 0.15) is 11.5 Å². The van der Waals surface area contributed by atoms with Crippen LogP contribution in [-0.4, -0.2) is 0 Å². The van der Waals surface area contributed by atoms with E-state index in [1.165, 1.54) is 93.5 Å². The van der Waals surface area contributed by atoms with E-state index in [1.807, 2.05) is 36.4 Å². The summed E-state index contributed by atoms with van der Waals surface area (Å²) in [4.78, 5) is 0. The Labute approximate surface area is 187 Å². The lowest BCUT2D eigenvalue weighted by atomic mass is 10.0. The molecule has 0 unspecified atom stereocenters. The highest BCUT2D eigenvalue weighted by atomic mass is 79.9. The molecule has 0 aliphatic rings. The predicted molar refractivity (Wildman–Crippen MR) is 130 cm³/mol. The molecular weight excluding hydrogens is 420 g/mol. The number of unbranched alkanes of at least 4 members (excludes halogenated alkanes) is 12. The molecule has 2 aromatic rings. The summed E-state index contributed by atoms with van der Waals surface area (Å²) in [6.45, 7) is 2.29. The van der Waals surface area contributed by atoms with E-state index in [-0.39, 0.29) is 0 Å². The van der Waals surface area contributed by atoms with Crippen LogP contribution in [0.25, 0.3) is 0 Å². The van der Waals surface area contributed by atoms with Crippen LogP contribution in [0.2, 0.25) is 0 Å². The lowest BCUT2D eigenvalue weighted by Gasteiger charge is -2.10. The van der Waals surface area contributed by atoms with Gasteiger partial charge >= 0.3 is 0 Å². The Morgan fingerprint density at radius 3 is 1.76 bits per heavy atom. The van der Waals surface area contributed by atoms with E-state index in [9.17, 15) is 0 Å². The minimum Gasteiger partial charge on any atom is -0.457 e. The van der Waals surface area contributed by atoms with Crippen molar-refractivity contribution < 1.29 is 4.74 Å². The summed E-state index contributed by atoms with van der Waals surface area (Å²) in [7, 11) is 0. The van der Waals surface area contributed by atoms with E-state index < -0.39 is 0 Å². The number of hydrogen-bond acceptors (Lipinski definition) is 1. The van der Waals surface area contributed by atoms with Gasteiger partial charge in [-0.3, -0.25) is 0 Å². The molecule has 0 fully saturated rings. The Morgan fingerprint density at radius 2 is 1.17 bits per heavy atom. The van der Waals surface area contributed by atoms with Crippen LogP contribution in [0.3, 0.4) is 0 Å². The molecule has 0 spiro atoms. The highest BCUT2D eigenvalue weighted by molar-refractivity contribution is 9.10. The quantitative estimate of drug-likeness (QED) is 0.227. The van der Waals surface area contributed by atoms with Crippen molar-refractivity contribution in [2.45, 2.75) is 96.8 Å². The maximum atomic E-state index is 5.97. The van der Waals surface area contributed by atoms with Crippen molar-refractivity contribution in [3.05, 3.63) is 58.6 Å². The molecule has 29 heavy (non-hydrogen) atoms. The first-order valence-corrected chi connectivity index (χ1v) is 12.6. The number of halogens is 1. The molecular formula is C27H39BrO. The van der Waals surface area contributed by atoms with Gasteiger partial charge in [-0.1, -0.05) is 118 Å². The molecule has 0 amide bonds. The highest BCUT2D eigenvalue weighted by Gasteiger charge is 2.04. The Bertz CT molecular complexity index is 653. The van der Waals surface area contributed by atoms with Crippen LogP contribution in [0.5, 0.6) is 11.5 Å². The maximum Gasteiger partial charge on any atom is 0.127 e. The Kier molecular flexibility index (Phi) is 12.9. The van der Waals surface area contributed by atoms with Gasteiger partial charge < -0.3 is 4.74 Å². The zero-order valence-corrected chi connectivity index (χ0v) is 19.9. The second-order valence-corrected chi connectivity index (χ2v) is 9.02. The van der Waals surface area contributed by atoms with Crippen LogP contribution < -0.4 is 4.74 Å². The fourth-order valence-corrected chi connectivity index (χ4v) is 4.21. The average molecular weight is 460 g/mol. The zero-order valence-electron chi connectivity index (χ0n) is 18.3. The first kappa shape index (κ1) is 24.0. The summed E-state index contributed by atoms with van der Waals surface area (Å²) in [6, 6.07) is 16.3. The van der Waals surface area contributed by atoms with Crippen LogP contribution in [0.1, 0.15) is 96.0 Å². The van der Waals surface area contributed by atoms with Crippen LogP contribution >= 0.6 is 15.9 Å². The SMILES string of the molecule is CCCCCCCCCCCCCCCc1cc(Oc2ccccc2)ccc1Br. The first-order chi connectivity index (χ1) is 14.3. The Morgan fingerprint density at radius 1 is 0.621 bits per heavy atom. The average Bonchev–Trinajstić information content (AvgIpc) is 2.74. The van der Waals surface area contributed by atoms with Gasteiger partial charge in [-0.2, -0.15) is 0 Å². The standard InChI is InChI=1S/C27H39BrO/c1-2-3-4-5-6-7-8-9-10-11-12-13-15-18-24-23-26(21-22-27(24)28)29-25-19-16-14-17-20-25/h14,16-17,19-23H,2-13,15,18H2,1H3. The second kappa shape index (κ2) is 15.5. The minimum absolute atomic E-state index is 0.890. The van der Waals surface area contributed by atoms with Crippen LogP contribution in [0.15, 0.2) is 53.0 Å². The van der Waals surface area contributed by atoms with Crippen molar-refractivity contribution >= 4 is 15.9 Å². The lowest BCUT2D eigenvalue weighted by molar-refractivity contribution is 0.481. The van der Waals surface area contributed by atoms with E-state index in [0.29, 0.717) is 0 Å². The van der Waals surface area contributed by atoms with Gasteiger partial charge in [0.25, 0.3) is 0 Å². The van der Waals surface area contributed by atoms with E-state index in [2.05, 4.69) is 35.0 Å². The summed E-state index contributed by atoms with van der Waals surface area (Å²) in [5.41, 5.74) is 1.35. The van der Waals surface area contributed by atoms with Gasteiger partial charge in [-0.05, 0) is 48.7 Å². The number of para-hydroxylation sites is 1. The van der Waals surface area contributed by atoms with E-state index in [4.69, 9.17) is 4.74 Å². The van der Waals surface area contributed by atoms with E-state index in [1.54, 1.807) is 0 Å². The van der Waals surface area contributed by atoms with E-state index >= 15 is 0 Å². The molecule has 0 saturated heterocycles. The molecule has 0 saturated carbocycles. The molecule has 0 heterocycles. The molecule has 0 bridgehead atoms. The smallest absolute Gasteiger partial charge is 0.127 e. The van der Waals surface area contributed by atoms with Crippen molar-refractivity contribution in [2.24, 2.45) is 0 Å². The largest absolute Gasteiger partial charge is 0.457 e. The van der Waals surface area contributed by atoms with Crippen molar-refractivity contribution in [2.75, 3.05) is 0 Å². The molecule has 1 nitrogen and oxygen atoms in total. The van der Waals surface area contributed by atoms with Gasteiger partial charge in [-0.25, -0.2) is 0 Å². The fraction of sp³-hybridized carbons (Fsp3) is 0.556. The summed E-state index contributed by atoms with van der Waals surface area (Å²) >= 11 is 3.70. The molecule has 0 radical (unpaired) electrons. The minimum atomic E-state index is 0.890. The van der Waals surface area contributed by atoms with Crippen molar-refractivity contribution in [1.82, 2.24) is 0 Å². The molecule has 0 aromatic heterocycles. The summed E-state index contributed by atoms with van der Waals surface area (Å²) in [6.07, 6.45) is 19.3. The summed E-state index contributed by atoms with van der Waals surface area (Å²) in [5.74, 6) is 1.81. The lowest BCUT2D eigenvalue weighted by Crippen LogP contribution is -1.91. The number of rotatable bonds is 16. The van der Waals surface area contributed by atoms with Gasteiger partial charge in [-0.15, -0.1) is 0 Å². The fourth-order valence-electron chi connectivity index (χ4n) is 3.76. The molecule has 0 N–H and O–H groups in total. The maximum absolute atomic E-state index is 5.97. The van der Waals surface area contributed by atoms with Crippen molar-refractivity contribution in [3.8, 4) is 11.5 Å². The molecule has 0 atom stereocenters. The number of aryl methyl sites for hydroxylation is 1. The van der Waals surface area contributed by atoms with E-state index in [0.717, 1.165) is 17.9 Å². The van der Waals surface area contributed by atoms with Gasteiger partial charge in [0.2, 0.25) is 0 Å². The molecule has 0 aliphatic heterocycles. The van der Waals surface area contributed by atoms with Crippen molar-refractivity contribution in [3.63, 3.8) is 0 Å². The van der Waals surface area contributed by atoms with Crippen LogP contribution in [-0.2, 0) is 6.42 Å². The van der Waals surface area contributed by atoms with Gasteiger partial charge in [0, 0.05) is 4.47 Å². The van der Waals surface area contributed by atoms with Crippen LogP contribution in [0, 0.1) is 0 Å². The molecule has 2 aromatic carbocycles. The predicted octanol–water partition coefficient (Wildman–Crippen LogP) is 9.88. The molecule has 2 heteroatoms. The van der Waals surface area contributed by atoms with Gasteiger partial charge in [0.05, 0.1) is 0 Å². The van der Waals surface area contributed by atoms with Gasteiger partial charge in [0.15, 0.2) is 0 Å². The summed E-state index contributed by atoms with van der Waals surface area (Å²) < 4.78 is 7.16. The van der Waals surface area contributed by atoms with Crippen molar-refractivity contribution in [1.29, 1.82) is 0 Å². The third kappa shape index (κ3) is 10.9. The monoisotopic (exact) mass is 458 g/mol.